The molecule has 0 radical (unpaired) electrons. The molecular formula is C12H22N2S. The summed E-state index contributed by atoms with van der Waals surface area (Å²) >= 11 is 1.84. The van der Waals surface area contributed by atoms with Gasteiger partial charge in [-0.1, -0.05) is 20.3 Å². The summed E-state index contributed by atoms with van der Waals surface area (Å²) in [4.78, 5) is 6.11. The normalized spacial score (nSPS) is 15.3. The van der Waals surface area contributed by atoms with Crippen molar-refractivity contribution in [2.45, 2.75) is 52.5 Å². The van der Waals surface area contributed by atoms with E-state index in [-0.39, 0.29) is 5.54 Å². The zero-order valence-corrected chi connectivity index (χ0v) is 11.3. The summed E-state index contributed by atoms with van der Waals surface area (Å²) in [5, 5.41) is 4.65. The van der Waals surface area contributed by atoms with Gasteiger partial charge in [-0.15, -0.1) is 11.3 Å². The molecule has 0 spiro atoms. The summed E-state index contributed by atoms with van der Waals surface area (Å²) in [6.45, 7) is 8.80. The first kappa shape index (κ1) is 12.7. The van der Waals surface area contributed by atoms with E-state index in [1.807, 2.05) is 18.4 Å². The van der Waals surface area contributed by atoms with Gasteiger partial charge in [-0.25, -0.2) is 4.98 Å². The van der Waals surface area contributed by atoms with Crippen LogP contribution in [0.4, 0.5) is 0 Å². The summed E-state index contributed by atoms with van der Waals surface area (Å²) < 4.78 is 0. The zero-order valence-electron chi connectivity index (χ0n) is 10.5. The number of nitrogens with one attached hydrogen (secondary N) is 1. The van der Waals surface area contributed by atoms with E-state index in [1.165, 1.54) is 22.0 Å². The van der Waals surface area contributed by atoms with E-state index in [1.54, 1.807) is 0 Å². The van der Waals surface area contributed by atoms with Crippen molar-refractivity contribution in [1.82, 2.24) is 10.3 Å². The smallest absolute Gasteiger partial charge is 0.113 e. The summed E-state index contributed by atoms with van der Waals surface area (Å²) in [5.74, 6) is 0. The topological polar surface area (TPSA) is 24.9 Å². The predicted octanol–water partition coefficient (Wildman–Crippen LogP) is 3.25. The predicted molar refractivity (Wildman–Crippen MR) is 67.5 cm³/mol. The first-order chi connectivity index (χ1) is 7.07. The molecule has 0 aromatic carbocycles. The number of thiazole rings is 1. The molecule has 0 aliphatic rings. The van der Waals surface area contributed by atoms with Gasteiger partial charge >= 0.3 is 0 Å². The van der Waals surface area contributed by atoms with Gasteiger partial charge in [0.05, 0.1) is 11.2 Å². The van der Waals surface area contributed by atoms with E-state index < -0.39 is 0 Å². The van der Waals surface area contributed by atoms with Crippen LogP contribution < -0.4 is 5.32 Å². The highest BCUT2D eigenvalue weighted by Gasteiger charge is 2.27. The maximum absolute atomic E-state index is 4.75. The molecule has 15 heavy (non-hydrogen) atoms. The highest BCUT2D eigenvalue weighted by molar-refractivity contribution is 7.11. The van der Waals surface area contributed by atoms with Crippen LogP contribution in [0.1, 0.15) is 49.2 Å². The van der Waals surface area contributed by atoms with Gasteiger partial charge in [0.1, 0.15) is 5.01 Å². The second-order valence-electron chi connectivity index (χ2n) is 4.21. The molecule has 1 aromatic rings. The lowest BCUT2D eigenvalue weighted by Crippen LogP contribution is -2.36. The van der Waals surface area contributed by atoms with Gasteiger partial charge in [-0.05, 0) is 33.7 Å². The van der Waals surface area contributed by atoms with Crippen molar-refractivity contribution in [2.75, 3.05) is 7.05 Å². The standard InChI is InChI=1S/C12H22N2S/c1-6-8-12(4,13-5)11-14-10(7-2)9(3)15-11/h13H,6-8H2,1-5H3. The van der Waals surface area contributed by atoms with Crippen LogP contribution in [-0.4, -0.2) is 12.0 Å². The van der Waals surface area contributed by atoms with E-state index in [0.29, 0.717) is 0 Å². The fourth-order valence-corrected chi connectivity index (χ4v) is 3.01. The van der Waals surface area contributed by atoms with Crippen molar-refractivity contribution < 1.29 is 0 Å². The number of rotatable bonds is 5. The van der Waals surface area contributed by atoms with Gasteiger partial charge in [0.2, 0.25) is 0 Å². The lowest BCUT2D eigenvalue weighted by Gasteiger charge is -2.26. The molecule has 1 unspecified atom stereocenters. The van der Waals surface area contributed by atoms with Gasteiger partial charge in [-0.2, -0.15) is 0 Å². The van der Waals surface area contributed by atoms with Crippen LogP contribution in [-0.2, 0) is 12.0 Å². The maximum atomic E-state index is 4.75. The van der Waals surface area contributed by atoms with Gasteiger partial charge < -0.3 is 5.32 Å². The van der Waals surface area contributed by atoms with E-state index in [0.717, 1.165) is 12.8 Å². The molecule has 1 atom stereocenters. The van der Waals surface area contributed by atoms with Crippen molar-refractivity contribution in [2.24, 2.45) is 0 Å². The first-order valence-electron chi connectivity index (χ1n) is 5.73. The number of aromatic nitrogens is 1. The Morgan fingerprint density at radius 1 is 1.40 bits per heavy atom. The second-order valence-corrected chi connectivity index (χ2v) is 5.41. The van der Waals surface area contributed by atoms with Crippen LogP contribution in [0.15, 0.2) is 0 Å². The van der Waals surface area contributed by atoms with Gasteiger partial charge in [-0.3, -0.25) is 0 Å². The lowest BCUT2D eigenvalue weighted by atomic mass is 9.97. The summed E-state index contributed by atoms with van der Waals surface area (Å²) in [5.41, 5.74) is 1.31. The first-order valence-corrected chi connectivity index (χ1v) is 6.54. The number of aryl methyl sites for hydroxylation is 2. The third-order valence-electron chi connectivity index (χ3n) is 3.00. The van der Waals surface area contributed by atoms with E-state index >= 15 is 0 Å². The quantitative estimate of drug-likeness (QED) is 0.833. The molecule has 3 heteroatoms. The lowest BCUT2D eigenvalue weighted by molar-refractivity contribution is 0.363. The fourth-order valence-electron chi connectivity index (χ4n) is 1.83. The molecular weight excluding hydrogens is 204 g/mol. The Kier molecular flexibility index (Phi) is 4.29. The molecule has 0 saturated heterocycles. The summed E-state index contributed by atoms with van der Waals surface area (Å²) in [7, 11) is 2.03. The largest absolute Gasteiger partial charge is 0.309 e. The van der Waals surface area contributed by atoms with Crippen molar-refractivity contribution in [3.05, 3.63) is 15.6 Å². The SMILES string of the molecule is CCCC(C)(NC)c1nc(CC)c(C)s1. The molecule has 0 aliphatic heterocycles. The van der Waals surface area contributed by atoms with Crippen LogP contribution in [0.3, 0.4) is 0 Å². The minimum atomic E-state index is 0.0532. The van der Waals surface area contributed by atoms with Gasteiger partial charge in [0.25, 0.3) is 0 Å². The highest BCUT2D eigenvalue weighted by Crippen LogP contribution is 2.31. The molecule has 0 saturated carbocycles. The van der Waals surface area contributed by atoms with Crippen molar-refractivity contribution in [3.63, 3.8) is 0 Å². The molecule has 1 aromatic heterocycles. The Morgan fingerprint density at radius 3 is 2.47 bits per heavy atom. The van der Waals surface area contributed by atoms with E-state index in [4.69, 9.17) is 4.98 Å². The molecule has 2 nitrogen and oxygen atoms in total. The van der Waals surface area contributed by atoms with E-state index in [9.17, 15) is 0 Å². The second kappa shape index (κ2) is 5.08. The number of hydrogen-bond donors (Lipinski definition) is 1. The average molecular weight is 226 g/mol. The Bertz CT molecular complexity index is 319. The molecule has 0 fully saturated rings. The van der Waals surface area contributed by atoms with Crippen molar-refractivity contribution >= 4 is 11.3 Å². The zero-order chi connectivity index (χ0) is 11.5. The molecule has 86 valence electrons. The monoisotopic (exact) mass is 226 g/mol. The van der Waals surface area contributed by atoms with Crippen LogP contribution >= 0.6 is 11.3 Å². The van der Waals surface area contributed by atoms with Crippen LogP contribution in [0.25, 0.3) is 0 Å². The average Bonchev–Trinajstić information content (AvgIpc) is 2.60. The number of nitrogens with zero attached hydrogens (tertiary/aromatic N) is 1. The minimum absolute atomic E-state index is 0.0532. The number of hydrogen-bond acceptors (Lipinski definition) is 3. The van der Waals surface area contributed by atoms with E-state index in [2.05, 4.69) is 33.0 Å². The molecule has 0 aliphatic carbocycles. The Balaban J connectivity index is 3.01. The van der Waals surface area contributed by atoms with Crippen molar-refractivity contribution in [3.8, 4) is 0 Å². The van der Waals surface area contributed by atoms with Gasteiger partial charge in [0.15, 0.2) is 0 Å². The third-order valence-corrected chi connectivity index (χ3v) is 4.28. The highest BCUT2D eigenvalue weighted by atomic mass is 32.1. The summed E-state index contributed by atoms with van der Waals surface area (Å²) in [6, 6.07) is 0. The maximum Gasteiger partial charge on any atom is 0.113 e. The molecule has 0 bridgehead atoms. The van der Waals surface area contributed by atoms with Crippen LogP contribution in [0.2, 0.25) is 0 Å². The Morgan fingerprint density at radius 2 is 2.07 bits per heavy atom. The fraction of sp³-hybridized carbons (Fsp3) is 0.750. The molecule has 1 heterocycles. The van der Waals surface area contributed by atoms with Crippen molar-refractivity contribution in [1.29, 1.82) is 0 Å². The van der Waals surface area contributed by atoms with Crippen LogP contribution in [0.5, 0.6) is 0 Å². The third kappa shape index (κ3) is 2.58. The van der Waals surface area contributed by atoms with Gasteiger partial charge in [0, 0.05) is 4.88 Å². The molecule has 1 N–H and O–H groups in total. The van der Waals surface area contributed by atoms with Crippen LogP contribution in [0, 0.1) is 6.92 Å². The molecule has 0 amide bonds. The summed E-state index contributed by atoms with van der Waals surface area (Å²) in [6.07, 6.45) is 3.35. The Labute approximate surface area is 97.1 Å². The molecule has 1 rings (SSSR count). The minimum Gasteiger partial charge on any atom is -0.309 e. The Hall–Kier alpha value is -0.410.